The molecule has 0 spiro atoms. The molecule has 1 saturated heterocycles. The Labute approximate surface area is 169 Å². The molecule has 8 nitrogen and oxygen atoms in total. The zero-order chi connectivity index (χ0) is 21.0. The summed E-state index contributed by atoms with van der Waals surface area (Å²) < 4.78 is 0. The summed E-state index contributed by atoms with van der Waals surface area (Å²) in [6, 6.07) is 13.3. The van der Waals surface area contributed by atoms with Crippen LogP contribution >= 0.6 is 0 Å². The molecule has 0 atom stereocenters. The molecule has 0 aliphatic carbocycles. The molecule has 152 valence electrons. The summed E-state index contributed by atoms with van der Waals surface area (Å²) in [5.74, 6) is -0.202. The van der Waals surface area contributed by atoms with Crippen molar-refractivity contribution in [2.45, 2.75) is 0 Å². The molecule has 0 unspecified atom stereocenters. The minimum Gasteiger partial charge on any atom is -0.362 e. The quantitative estimate of drug-likeness (QED) is 0.422. The lowest BCUT2D eigenvalue weighted by atomic mass is 10.0. The van der Waals surface area contributed by atoms with Gasteiger partial charge in [0.15, 0.2) is 5.78 Å². The van der Waals surface area contributed by atoms with Gasteiger partial charge in [-0.05, 0) is 26.2 Å². The van der Waals surface area contributed by atoms with E-state index >= 15 is 0 Å². The number of anilines is 1. The van der Waals surface area contributed by atoms with E-state index in [-0.39, 0.29) is 22.9 Å². The van der Waals surface area contributed by atoms with Crippen LogP contribution < -0.4 is 4.90 Å². The normalized spacial score (nSPS) is 14.2. The Balaban J connectivity index is 1.78. The number of amides is 1. The highest BCUT2D eigenvalue weighted by atomic mass is 16.6. The molecular weight excluding hydrogens is 372 g/mol. The minimum absolute atomic E-state index is 0.0490. The highest BCUT2D eigenvalue weighted by Crippen LogP contribution is 2.31. The predicted molar refractivity (Wildman–Crippen MR) is 110 cm³/mol. The lowest BCUT2D eigenvalue weighted by Crippen LogP contribution is -2.50. The number of nitro benzene ring substituents is 1. The van der Waals surface area contributed by atoms with E-state index in [0.717, 1.165) is 0 Å². The van der Waals surface area contributed by atoms with Crippen molar-refractivity contribution in [3.05, 3.63) is 69.8 Å². The van der Waals surface area contributed by atoms with Crippen molar-refractivity contribution in [2.24, 2.45) is 0 Å². The number of hydrogen-bond acceptors (Lipinski definition) is 6. The van der Waals surface area contributed by atoms with E-state index < -0.39 is 4.92 Å². The Kier molecular flexibility index (Phi) is 6.23. The number of nitro groups is 1. The fourth-order valence-electron chi connectivity index (χ4n) is 3.40. The van der Waals surface area contributed by atoms with Crippen molar-refractivity contribution >= 4 is 23.1 Å². The maximum absolute atomic E-state index is 12.6. The van der Waals surface area contributed by atoms with Crippen molar-refractivity contribution in [3.63, 3.8) is 0 Å². The summed E-state index contributed by atoms with van der Waals surface area (Å²) >= 11 is 0. The second-order valence-electron chi connectivity index (χ2n) is 7.26. The Morgan fingerprint density at radius 3 is 2.24 bits per heavy atom. The van der Waals surface area contributed by atoms with E-state index in [1.165, 1.54) is 6.07 Å². The van der Waals surface area contributed by atoms with Crippen molar-refractivity contribution in [2.75, 3.05) is 51.7 Å². The number of likely N-dealkylation sites (N-methyl/N-ethyl adjacent to an activating group) is 1. The molecule has 29 heavy (non-hydrogen) atoms. The van der Waals surface area contributed by atoms with Crippen LogP contribution in [0.4, 0.5) is 11.4 Å². The minimum atomic E-state index is -0.458. The summed E-state index contributed by atoms with van der Waals surface area (Å²) in [6.07, 6.45) is 0. The maximum Gasteiger partial charge on any atom is 0.293 e. The van der Waals surface area contributed by atoms with Crippen molar-refractivity contribution in [1.29, 1.82) is 0 Å². The Morgan fingerprint density at radius 1 is 1.00 bits per heavy atom. The first-order valence-corrected chi connectivity index (χ1v) is 9.42. The van der Waals surface area contributed by atoms with E-state index in [9.17, 15) is 19.7 Å². The van der Waals surface area contributed by atoms with Crippen LogP contribution in [0.5, 0.6) is 0 Å². The molecule has 1 aliphatic heterocycles. The molecule has 0 aromatic heterocycles. The number of carbonyl (C=O) groups excluding carboxylic acids is 2. The van der Waals surface area contributed by atoms with E-state index in [2.05, 4.69) is 0 Å². The van der Waals surface area contributed by atoms with Gasteiger partial charge >= 0.3 is 0 Å². The lowest BCUT2D eigenvalue weighted by molar-refractivity contribution is -0.384. The van der Waals surface area contributed by atoms with Crippen LogP contribution in [-0.2, 0) is 4.79 Å². The van der Waals surface area contributed by atoms with Gasteiger partial charge in [0, 0.05) is 43.4 Å². The Morgan fingerprint density at radius 2 is 1.66 bits per heavy atom. The number of rotatable bonds is 6. The Hall–Kier alpha value is -3.26. The smallest absolute Gasteiger partial charge is 0.293 e. The van der Waals surface area contributed by atoms with Crippen LogP contribution in [0, 0.1) is 10.1 Å². The van der Waals surface area contributed by atoms with Gasteiger partial charge in [0.05, 0.1) is 11.5 Å². The molecule has 1 fully saturated rings. The molecule has 3 rings (SSSR count). The highest BCUT2D eigenvalue weighted by molar-refractivity contribution is 6.09. The van der Waals surface area contributed by atoms with Gasteiger partial charge in [0.2, 0.25) is 5.91 Å². The predicted octanol–water partition coefficient (Wildman–Crippen LogP) is 2.04. The molecule has 2 aromatic rings. The summed E-state index contributed by atoms with van der Waals surface area (Å²) in [5, 5.41) is 11.7. The Bertz CT molecular complexity index is 906. The second kappa shape index (κ2) is 8.83. The number of hydrogen-bond donors (Lipinski definition) is 0. The molecule has 0 N–H and O–H groups in total. The van der Waals surface area contributed by atoms with Gasteiger partial charge in [0.25, 0.3) is 5.69 Å². The molecule has 0 saturated carbocycles. The van der Waals surface area contributed by atoms with E-state index in [1.54, 1.807) is 41.3 Å². The van der Waals surface area contributed by atoms with Gasteiger partial charge in [-0.1, -0.05) is 30.3 Å². The zero-order valence-corrected chi connectivity index (χ0v) is 16.6. The molecule has 1 heterocycles. The van der Waals surface area contributed by atoms with Crippen molar-refractivity contribution in [3.8, 4) is 0 Å². The first-order valence-electron chi connectivity index (χ1n) is 9.42. The summed E-state index contributed by atoms with van der Waals surface area (Å²) in [4.78, 5) is 41.5. The third kappa shape index (κ3) is 4.78. The molecule has 0 bridgehead atoms. The number of benzene rings is 2. The second-order valence-corrected chi connectivity index (χ2v) is 7.26. The van der Waals surface area contributed by atoms with E-state index in [1.807, 2.05) is 30.0 Å². The number of nitrogens with zero attached hydrogens (tertiary/aromatic N) is 4. The molecule has 1 aliphatic rings. The van der Waals surface area contributed by atoms with E-state index in [4.69, 9.17) is 0 Å². The first kappa shape index (κ1) is 20.5. The van der Waals surface area contributed by atoms with Crippen LogP contribution in [0.25, 0.3) is 0 Å². The third-order valence-corrected chi connectivity index (χ3v) is 4.89. The van der Waals surface area contributed by atoms with Crippen LogP contribution in [0.3, 0.4) is 0 Å². The van der Waals surface area contributed by atoms with Crippen molar-refractivity contribution < 1.29 is 14.5 Å². The average Bonchev–Trinajstić information content (AvgIpc) is 2.73. The fourth-order valence-corrected chi connectivity index (χ4v) is 3.40. The standard InChI is InChI=1S/C21H24N4O4/c1-22(2)15-20(26)24-12-10-23(11-13-24)18-9-8-17(14-19(18)25(28)29)21(27)16-6-4-3-5-7-16/h3-9,14H,10-13,15H2,1-2H3. The van der Waals surface area contributed by atoms with Crippen molar-refractivity contribution in [1.82, 2.24) is 9.80 Å². The molecule has 1 amide bonds. The molecular formula is C21H24N4O4. The zero-order valence-electron chi connectivity index (χ0n) is 16.6. The van der Waals surface area contributed by atoms with Gasteiger partial charge in [-0.25, -0.2) is 0 Å². The number of carbonyl (C=O) groups is 2. The van der Waals surface area contributed by atoms with Crippen LogP contribution in [-0.4, -0.2) is 73.2 Å². The molecule has 8 heteroatoms. The summed E-state index contributed by atoms with van der Waals surface area (Å²) in [5.41, 5.74) is 1.15. The summed E-state index contributed by atoms with van der Waals surface area (Å²) in [7, 11) is 3.69. The van der Waals surface area contributed by atoms with Gasteiger partial charge in [0.1, 0.15) is 5.69 Å². The van der Waals surface area contributed by atoms with Crippen LogP contribution in [0.2, 0.25) is 0 Å². The first-order chi connectivity index (χ1) is 13.9. The molecule has 2 aromatic carbocycles. The van der Waals surface area contributed by atoms with Gasteiger partial charge < -0.3 is 14.7 Å². The largest absolute Gasteiger partial charge is 0.362 e. The van der Waals surface area contributed by atoms with Gasteiger partial charge in [-0.2, -0.15) is 0 Å². The SMILES string of the molecule is CN(C)CC(=O)N1CCN(c2ccc(C(=O)c3ccccc3)cc2[N+](=O)[O-])CC1. The number of ketones is 1. The van der Waals surface area contributed by atoms with Gasteiger partial charge in [-0.3, -0.25) is 19.7 Å². The van der Waals surface area contributed by atoms with Crippen LogP contribution in [0.15, 0.2) is 48.5 Å². The highest BCUT2D eigenvalue weighted by Gasteiger charge is 2.27. The number of piperazine rings is 1. The third-order valence-electron chi connectivity index (χ3n) is 4.89. The van der Waals surface area contributed by atoms with E-state index in [0.29, 0.717) is 44.0 Å². The van der Waals surface area contributed by atoms with Crippen LogP contribution in [0.1, 0.15) is 15.9 Å². The topological polar surface area (TPSA) is 87.0 Å². The monoisotopic (exact) mass is 396 g/mol. The fraction of sp³-hybridized carbons (Fsp3) is 0.333. The summed E-state index contributed by atoms with van der Waals surface area (Å²) in [6.45, 7) is 2.37. The average molecular weight is 396 g/mol. The van der Waals surface area contributed by atoms with Gasteiger partial charge in [-0.15, -0.1) is 0 Å². The lowest BCUT2D eigenvalue weighted by Gasteiger charge is -2.36. The molecule has 0 radical (unpaired) electrons. The maximum atomic E-state index is 12.6.